The van der Waals surface area contributed by atoms with E-state index < -0.39 is 5.97 Å². The molecule has 0 saturated heterocycles. The van der Waals surface area contributed by atoms with Gasteiger partial charge in [0.15, 0.2) is 0 Å². The van der Waals surface area contributed by atoms with Crippen LogP contribution in [0.25, 0.3) is 0 Å². The van der Waals surface area contributed by atoms with Gasteiger partial charge in [0.1, 0.15) is 11.3 Å². The quantitative estimate of drug-likeness (QED) is 0.648. The average molecular weight is 293 g/mol. The maximum Gasteiger partial charge on any atom is 0.339 e. The third kappa shape index (κ3) is 2.27. The van der Waals surface area contributed by atoms with Gasteiger partial charge in [-0.15, -0.1) is 0 Å². The molecule has 0 fully saturated rings. The molecule has 7 heteroatoms. The molecular formula is C8H7BrClN3O2. The van der Waals surface area contributed by atoms with Crippen LogP contribution in [-0.4, -0.2) is 18.1 Å². The van der Waals surface area contributed by atoms with Gasteiger partial charge in [0, 0.05) is 11.5 Å². The van der Waals surface area contributed by atoms with Gasteiger partial charge < -0.3 is 10.8 Å². The molecule has 0 aliphatic heterocycles. The molecule has 15 heavy (non-hydrogen) atoms. The monoisotopic (exact) mass is 291 g/mol. The fourth-order valence-electron chi connectivity index (χ4n) is 1.03. The Bertz CT molecular complexity index is 448. The zero-order valence-corrected chi connectivity index (χ0v) is 10.0. The van der Waals surface area contributed by atoms with Crippen LogP contribution in [0.2, 0.25) is 5.02 Å². The van der Waals surface area contributed by atoms with Crippen LogP contribution in [0.3, 0.4) is 0 Å². The first kappa shape index (κ1) is 11.9. The normalized spacial score (nSPS) is 10.9. The largest absolute Gasteiger partial charge is 0.478 e. The standard InChI is InChI=1S/C8H7BrClN3O2/c1-12-13-7-5(8(14)15)4(10)2-3(9)6(7)11/h2H,11H2,1H3,(H,14,15). The molecule has 0 bridgehead atoms. The molecule has 1 rings (SSSR count). The number of halogens is 2. The van der Waals surface area contributed by atoms with Gasteiger partial charge in [-0.3, -0.25) is 0 Å². The second kappa shape index (κ2) is 4.59. The van der Waals surface area contributed by atoms with Gasteiger partial charge in [-0.25, -0.2) is 4.79 Å². The summed E-state index contributed by atoms with van der Waals surface area (Å²) in [7, 11) is 1.42. The minimum absolute atomic E-state index is 0.0596. The molecule has 1 aromatic rings. The number of nitrogens with zero attached hydrogens (tertiary/aromatic N) is 2. The predicted molar refractivity (Wildman–Crippen MR) is 61.0 cm³/mol. The van der Waals surface area contributed by atoms with Gasteiger partial charge in [-0.05, 0) is 22.0 Å². The second-order valence-corrected chi connectivity index (χ2v) is 3.84. The molecule has 0 aliphatic rings. The second-order valence-electron chi connectivity index (χ2n) is 2.58. The summed E-state index contributed by atoms with van der Waals surface area (Å²) in [4.78, 5) is 10.9. The first-order valence-corrected chi connectivity index (χ1v) is 4.96. The van der Waals surface area contributed by atoms with Crippen molar-refractivity contribution in [1.29, 1.82) is 0 Å². The number of azo groups is 1. The number of nitrogens with two attached hydrogens (primary N) is 1. The number of anilines is 1. The lowest BCUT2D eigenvalue weighted by molar-refractivity contribution is 0.0698. The topological polar surface area (TPSA) is 88.0 Å². The molecule has 0 aliphatic carbocycles. The van der Waals surface area contributed by atoms with Crippen LogP contribution >= 0.6 is 27.5 Å². The van der Waals surface area contributed by atoms with Gasteiger partial charge in [-0.1, -0.05) is 11.6 Å². The van der Waals surface area contributed by atoms with Crippen molar-refractivity contribution in [2.24, 2.45) is 10.2 Å². The van der Waals surface area contributed by atoms with E-state index in [1.54, 1.807) is 0 Å². The molecular weight excluding hydrogens is 285 g/mol. The van der Waals surface area contributed by atoms with E-state index in [-0.39, 0.29) is 22.0 Å². The van der Waals surface area contributed by atoms with Crippen LogP contribution in [-0.2, 0) is 0 Å². The summed E-state index contributed by atoms with van der Waals surface area (Å²) in [5.41, 5.74) is 5.76. The zero-order chi connectivity index (χ0) is 11.6. The maximum atomic E-state index is 10.9. The van der Waals surface area contributed by atoms with E-state index in [4.69, 9.17) is 22.4 Å². The van der Waals surface area contributed by atoms with Crippen LogP contribution < -0.4 is 5.73 Å². The number of hydrogen-bond acceptors (Lipinski definition) is 4. The molecule has 0 saturated carbocycles. The molecule has 0 spiro atoms. The molecule has 3 N–H and O–H groups in total. The Morgan fingerprint density at radius 2 is 2.27 bits per heavy atom. The predicted octanol–water partition coefficient (Wildman–Crippen LogP) is 3.10. The van der Waals surface area contributed by atoms with Crippen molar-refractivity contribution in [2.75, 3.05) is 12.8 Å². The van der Waals surface area contributed by atoms with Gasteiger partial charge in [0.25, 0.3) is 0 Å². The number of carbonyl (C=O) groups is 1. The van der Waals surface area contributed by atoms with Crippen LogP contribution in [0.1, 0.15) is 10.4 Å². The summed E-state index contributed by atoms with van der Waals surface area (Å²) in [5.74, 6) is -1.19. The first-order chi connectivity index (χ1) is 6.99. The smallest absolute Gasteiger partial charge is 0.339 e. The highest BCUT2D eigenvalue weighted by atomic mass is 79.9. The summed E-state index contributed by atoms with van der Waals surface area (Å²) in [6.45, 7) is 0. The Morgan fingerprint density at radius 3 is 2.73 bits per heavy atom. The van der Waals surface area contributed by atoms with Crippen LogP contribution in [0.5, 0.6) is 0 Å². The lowest BCUT2D eigenvalue weighted by Crippen LogP contribution is -2.01. The summed E-state index contributed by atoms with van der Waals surface area (Å²) in [6.07, 6.45) is 0. The minimum Gasteiger partial charge on any atom is -0.478 e. The van der Waals surface area contributed by atoms with Crippen molar-refractivity contribution >= 4 is 44.9 Å². The van der Waals surface area contributed by atoms with Crippen LogP contribution in [0, 0.1) is 0 Å². The molecule has 0 unspecified atom stereocenters. The molecule has 0 heterocycles. The average Bonchev–Trinajstić information content (AvgIpc) is 2.13. The number of rotatable bonds is 2. The zero-order valence-electron chi connectivity index (χ0n) is 7.66. The fourth-order valence-corrected chi connectivity index (χ4v) is 1.86. The van der Waals surface area contributed by atoms with Crippen molar-refractivity contribution < 1.29 is 9.90 Å². The van der Waals surface area contributed by atoms with Crippen molar-refractivity contribution in [3.05, 3.63) is 21.1 Å². The summed E-state index contributed by atoms with van der Waals surface area (Å²) in [6, 6.07) is 1.41. The highest BCUT2D eigenvalue weighted by molar-refractivity contribution is 9.10. The SMILES string of the molecule is CN=Nc1c(N)c(Br)cc(Cl)c1C(=O)O. The third-order valence-electron chi connectivity index (χ3n) is 1.66. The summed E-state index contributed by atoms with van der Waals surface area (Å²) >= 11 is 8.92. The summed E-state index contributed by atoms with van der Waals surface area (Å²) < 4.78 is 0.486. The number of nitrogen functional groups attached to an aromatic ring is 1. The molecule has 0 radical (unpaired) electrons. The highest BCUT2D eigenvalue weighted by Gasteiger charge is 2.19. The Kier molecular flexibility index (Phi) is 3.65. The van der Waals surface area contributed by atoms with E-state index in [0.29, 0.717) is 4.47 Å². The Balaban J connectivity index is 3.61. The van der Waals surface area contributed by atoms with Crippen LogP contribution in [0.15, 0.2) is 20.8 Å². The summed E-state index contributed by atoms with van der Waals surface area (Å²) in [5, 5.41) is 16.1. The van der Waals surface area contributed by atoms with Crippen molar-refractivity contribution in [1.82, 2.24) is 0 Å². The fraction of sp³-hybridized carbons (Fsp3) is 0.125. The molecule has 80 valence electrons. The van der Waals surface area contributed by atoms with E-state index in [1.807, 2.05) is 0 Å². The lowest BCUT2D eigenvalue weighted by Gasteiger charge is -2.07. The van der Waals surface area contributed by atoms with E-state index in [2.05, 4.69) is 26.2 Å². The number of hydrogen-bond donors (Lipinski definition) is 2. The number of aromatic carboxylic acids is 1. The van der Waals surface area contributed by atoms with Gasteiger partial charge in [0.2, 0.25) is 0 Å². The Labute approximate surface area is 99.1 Å². The van der Waals surface area contributed by atoms with Gasteiger partial charge in [0.05, 0.1) is 10.7 Å². The van der Waals surface area contributed by atoms with Gasteiger partial charge in [-0.2, -0.15) is 10.2 Å². The van der Waals surface area contributed by atoms with Crippen LogP contribution in [0.4, 0.5) is 11.4 Å². The molecule has 0 aromatic heterocycles. The van der Waals surface area contributed by atoms with Crippen molar-refractivity contribution in [3.8, 4) is 0 Å². The van der Waals surface area contributed by atoms with Crippen molar-refractivity contribution in [3.63, 3.8) is 0 Å². The highest BCUT2D eigenvalue weighted by Crippen LogP contribution is 2.38. The molecule has 1 aromatic carbocycles. The maximum absolute atomic E-state index is 10.9. The van der Waals surface area contributed by atoms with E-state index >= 15 is 0 Å². The molecule has 0 atom stereocenters. The lowest BCUT2D eigenvalue weighted by atomic mass is 10.1. The van der Waals surface area contributed by atoms with E-state index in [1.165, 1.54) is 13.1 Å². The number of carboxylic acids is 1. The first-order valence-electron chi connectivity index (χ1n) is 3.79. The number of carboxylic acid groups (broad SMARTS) is 1. The van der Waals surface area contributed by atoms with E-state index in [9.17, 15) is 4.79 Å². The van der Waals surface area contributed by atoms with Crippen molar-refractivity contribution in [2.45, 2.75) is 0 Å². The molecule has 0 amide bonds. The van der Waals surface area contributed by atoms with E-state index in [0.717, 1.165) is 0 Å². The minimum atomic E-state index is -1.19. The Hall–Kier alpha value is -1.14. The molecule has 5 nitrogen and oxygen atoms in total. The Morgan fingerprint density at radius 1 is 1.67 bits per heavy atom. The van der Waals surface area contributed by atoms with Gasteiger partial charge >= 0.3 is 5.97 Å². The third-order valence-corrected chi connectivity index (χ3v) is 2.61. The number of benzene rings is 1.